The number of piperazine rings is 1. The van der Waals surface area contributed by atoms with E-state index in [2.05, 4.69) is 15.1 Å². The zero-order chi connectivity index (χ0) is 24.4. The van der Waals surface area contributed by atoms with Gasteiger partial charge in [-0.15, -0.1) is 11.6 Å². The molecular formula is C26H27ClFN5O2. The number of nitrogens with zero attached hydrogens (tertiary/aromatic N) is 4. The molecule has 182 valence electrons. The number of halogens is 2. The van der Waals surface area contributed by atoms with Gasteiger partial charge in [0.1, 0.15) is 5.82 Å². The maximum absolute atomic E-state index is 13.3. The second-order valence-corrected chi connectivity index (χ2v) is 9.28. The van der Waals surface area contributed by atoms with Gasteiger partial charge >= 0.3 is 0 Å². The summed E-state index contributed by atoms with van der Waals surface area (Å²) < 4.78 is 13.2. The van der Waals surface area contributed by atoms with Crippen molar-refractivity contribution in [2.45, 2.75) is 19.4 Å². The van der Waals surface area contributed by atoms with E-state index < -0.39 is 0 Å². The van der Waals surface area contributed by atoms with Gasteiger partial charge in [0.2, 0.25) is 0 Å². The summed E-state index contributed by atoms with van der Waals surface area (Å²) >= 11 is 5.80. The molecule has 0 radical (unpaired) electrons. The number of fused-ring (bicyclic) bond motifs is 1. The normalized spacial score (nSPS) is 15.8. The van der Waals surface area contributed by atoms with Gasteiger partial charge in [-0.25, -0.2) is 4.39 Å². The molecule has 0 spiro atoms. The van der Waals surface area contributed by atoms with Crippen LogP contribution in [0.5, 0.6) is 0 Å². The first-order valence-electron chi connectivity index (χ1n) is 11.8. The Morgan fingerprint density at radius 3 is 2.31 bits per heavy atom. The highest BCUT2D eigenvalue weighted by molar-refractivity contribution is 6.18. The lowest BCUT2D eigenvalue weighted by molar-refractivity contribution is 0.0709. The van der Waals surface area contributed by atoms with Crippen molar-refractivity contribution < 1.29 is 14.0 Å². The molecule has 35 heavy (non-hydrogen) atoms. The van der Waals surface area contributed by atoms with Crippen LogP contribution in [0.4, 0.5) is 10.1 Å². The number of aromatic nitrogens is 2. The third kappa shape index (κ3) is 4.89. The number of H-pyrrole nitrogens is 1. The average Bonchev–Trinajstić information content (AvgIpc) is 3.32. The first-order chi connectivity index (χ1) is 17.0. The van der Waals surface area contributed by atoms with Gasteiger partial charge in [0.05, 0.1) is 6.54 Å². The van der Waals surface area contributed by atoms with Gasteiger partial charge < -0.3 is 14.7 Å². The molecule has 2 aliphatic rings. The first kappa shape index (κ1) is 23.4. The Labute approximate surface area is 208 Å². The van der Waals surface area contributed by atoms with Crippen LogP contribution in [0.15, 0.2) is 48.5 Å². The molecule has 1 aromatic heterocycles. The molecule has 1 fully saturated rings. The fraction of sp³-hybridized carbons (Fsp3) is 0.346. The van der Waals surface area contributed by atoms with E-state index in [-0.39, 0.29) is 17.6 Å². The van der Waals surface area contributed by atoms with Crippen LogP contribution < -0.4 is 4.90 Å². The minimum absolute atomic E-state index is 0.0550. The molecule has 3 aromatic rings. The minimum Gasteiger partial charge on any atom is -0.368 e. The predicted octanol–water partition coefficient (Wildman–Crippen LogP) is 3.49. The number of carbonyl (C=O) groups excluding carboxylic acids is 2. The van der Waals surface area contributed by atoms with Crippen molar-refractivity contribution in [3.8, 4) is 0 Å². The number of amides is 2. The van der Waals surface area contributed by atoms with E-state index in [9.17, 15) is 14.0 Å². The van der Waals surface area contributed by atoms with Crippen molar-refractivity contribution in [3.63, 3.8) is 0 Å². The Morgan fingerprint density at radius 2 is 1.63 bits per heavy atom. The fourth-order valence-electron chi connectivity index (χ4n) is 4.72. The molecule has 3 heterocycles. The second-order valence-electron chi connectivity index (χ2n) is 8.90. The Bertz CT molecular complexity index is 1200. The molecule has 0 aliphatic carbocycles. The van der Waals surface area contributed by atoms with Gasteiger partial charge in [-0.3, -0.25) is 14.7 Å². The maximum Gasteiger partial charge on any atom is 0.274 e. The lowest BCUT2D eigenvalue weighted by Gasteiger charge is -2.36. The smallest absolute Gasteiger partial charge is 0.274 e. The molecule has 5 rings (SSSR count). The molecule has 2 aliphatic heterocycles. The zero-order valence-electron chi connectivity index (χ0n) is 19.3. The second kappa shape index (κ2) is 10.1. The van der Waals surface area contributed by atoms with Gasteiger partial charge in [-0.05, 0) is 48.4 Å². The average molecular weight is 496 g/mol. The Kier molecular flexibility index (Phi) is 6.72. The highest BCUT2D eigenvalue weighted by atomic mass is 35.5. The highest BCUT2D eigenvalue weighted by Gasteiger charge is 2.31. The van der Waals surface area contributed by atoms with Crippen molar-refractivity contribution in [1.29, 1.82) is 0 Å². The Morgan fingerprint density at radius 1 is 0.914 bits per heavy atom. The van der Waals surface area contributed by atoms with Crippen molar-refractivity contribution in [1.82, 2.24) is 20.0 Å². The largest absolute Gasteiger partial charge is 0.368 e. The van der Waals surface area contributed by atoms with Crippen LogP contribution in [0.25, 0.3) is 0 Å². The summed E-state index contributed by atoms with van der Waals surface area (Å²) in [7, 11) is 0. The topological polar surface area (TPSA) is 72.5 Å². The van der Waals surface area contributed by atoms with Gasteiger partial charge in [0.25, 0.3) is 11.8 Å². The van der Waals surface area contributed by atoms with E-state index in [1.165, 1.54) is 12.1 Å². The van der Waals surface area contributed by atoms with Gasteiger partial charge in [0.15, 0.2) is 5.69 Å². The number of aryl methyl sites for hydroxylation is 1. The summed E-state index contributed by atoms with van der Waals surface area (Å²) in [6, 6.07) is 14.0. The van der Waals surface area contributed by atoms with E-state index in [4.69, 9.17) is 11.6 Å². The van der Waals surface area contributed by atoms with Crippen LogP contribution in [0, 0.1) is 5.82 Å². The zero-order valence-corrected chi connectivity index (χ0v) is 20.1. The number of alkyl halides is 1. The van der Waals surface area contributed by atoms with Gasteiger partial charge in [0, 0.05) is 67.5 Å². The monoisotopic (exact) mass is 495 g/mol. The summed E-state index contributed by atoms with van der Waals surface area (Å²) in [5.41, 5.74) is 4.78. The summed E-state index contributed by atoms with van der Waals surface area (Å²) in [6.07, 6.45) is 1.39. The van der Waals surface area contributed by atoms with Crippen LogP contribution in [-0.4, -0.2) is 70.4 Å². The molecule has 1 N–H and O–H groups in total. The minimum atomic E-state index is -0.262. The molecule has 2 aromatic carbocycles. The van der Waals surface area contributed by atoms with E-state index in [0.717, 1.165) is 28.9 Å². The molecule has 1 saturated heterocycles. The van der Waals surface area contributed by atoms with Gasteiger partial charge in [-0.1, -0.05) is 12.1 Å². The van der Waals surface area contributed by atoms with Crippen molar-refractivity contribution >= 4 is 29.1 Å². The lowest BCUT2D eigenvalue weighted by atomic mass is 10.0. The number of aromatic amines is 1. The molecule has 0 atom stereocenters. The molecule has 9 heteroatoms. The number of hydrogen-bond acceptors (Lipinski definition) is 4. The molecule has 0 unspecified atom stereocenters. The summed E-state index contributed by atoms with van der Waals surface area (Å²) in [4.78, 5) is 32.2. The molecular weight excluding hydrogens is 469 g/mol. The molecule has 7 nitrogen and oxygen atoms in total. The van der Waals surface area contributed by atoms with Crippen LogP contribution in [-0.2, 0) is 19.4 Å². The van der Waals surface area contributed by atoms with Crippen molar-refractivity contribution in [2.75, 3.05) is 43.5 Å². The molecule has 0 saturated carbocycles. The summed E-state index contributed by atoms with van der Waals surface area (Å²) in [6.45, 7) is 3.35. The Balaban J connectivity index is 1.25. The third-order valence-corrected chi connectivity index (χ3v) is 6.95. The number of rotatable bonds is 5. The van der Waals surface area contributed by atoms with Crippen LogP contribution in [0.1, 0.15) is 37.7 Å². The van der Waals surface area contributed by atoms with Gasteiger partial charge in [-0.2, -0.15) is 5.10 Å². The number of hydrogen-bond donors (Lipinski definition) is 1. The van der Waals surface area contributed by atoms with Crippen molar-refractivity contribution in [2.24, 2.45) is 0 Å². The molecule has 2 amide bonds. The lowest BCUT2D eigenvalue weighted by Crippen LogP contribution is -2.49. The predicted molar refractivity (Wildman–Crippen MR) is 132 cm³/mol. The first-order valence-corrected chi connectivity index (χ1v) is 12.4. The van der Waals surface area contributed by atoms with E-state index in [1.807, 2.05) is 24.3 Å². The SMILES string of the molecule is O=C(c1ccc(CCCl)cc1)N1CCc2[nH]nc(C(=O)N3CCN(c4ccc(F)cc4)CC3)c2C1. The number of nitrogens with one attached hydrogen (secondary N) is 1. The summed E-state index contributed by atoms with van der Waals surface area (Å²) in [5.74, 6) is 0.101. The highest BCUT2D eigenvalue weighted by Crippen LogP contribution is 2.24. The van der Waals surface area contributed by atoms with Crippen LogP contribution >= 0.6 is 11.6 Å². The Hall–Kier alpha value is -3.39. The standard InChI is InChI=1S/C26H27ClFN5O2/c27-11-9-18-1-3-19(4-2-18)25(34)33-12-10-23-22(17-33)24(30-29-23)26(35)32-15-13-31(14-16-32)21-7-5-20(28)6-8-21/h1-8H,9-17H2,(H,29,30). The number of carbonyl (C=O) groups is 2. The fourth-order valence-corrected chi connectivity index (χ4v) is 4.94. The van der Waals surface area contributed by atoms with Crippen LogP contribution in [0.2, 0.25) is 0 Å². The van der Waals surface area contributed by atoms with E-state index in [0.29, 0.717) is 62.8 Å². The van der Waals surface area contributed by atoms with E-state index in [1.54, 1.807) is 21.9 Å². The third-order valence-electron chi connectivity index (χ3n) is 6.77. The summed E-state index contributed by atoms with van der Waals surface area (Å²) in [5, 5.41) is 7.35. The maximum atomic E-state index is 13.3. The number of benzene rings is 2. The molecule has 0 bridgehead atoms. The van der Waals surface area contributed by atoms with Crippen LogP contribution in [0.3, 0.4) is 0 Å². The number of anilines is 1. The van der Waals surface area contributed by atoms with Crippen molar-refractivity contribution in [3.05, 3.63) is 82.4 Å². The quantitative estimate of drug-likeness (QED) is 0.550. The van der Waals surface area contributed by atoms with E-state index >= 15 is 0 Å².